The molecule has 1 atom stereocenters. The van der Waals surface area contributed by atoms with Crippen LogP contribution in [0.1, 0.15) is 68.7 Å². The molecule has 0 amide bonds. The van der Waals surface area contributed by atoms with E-state index in [1.165, 1.54) is 12.1 Å². The molecule has 1 aliphatic carbocycles. The van der Waals surface area contributed by atoms with Crippen LogP contribution < -0.4 is 4.57 Å². The zero-order valence-electron chi connectivity index (χ0n) is 20.8. The highest BCUT2D eigenvalue weighted by Gasteiger charge is 2.45. The molecule has 3 aromatic rings. The van der Waals surface area contributed by atoms with Gasteiger partial charge in [-0.25, -0.2) is 4.57 Å². The second kappa shape index (κ2) is 9.16. The molecular formula is C29H34F3N2+. The Bertz CT molecular complexity index is 1170. The molecule has 0 saturated heterocycles. The highest BCUT2D eigenvalue weighted by molar-refractivity contribution is 5.73. The van der Waals surface area contributed by atoms with Crippen LogP contribution in [0.3, 0.4) is 0 Å². The van der Waals surface area contributed by atoms with Crippen molar-refractivity contribution in [3.8, 4) is 22.5 Å². The molecule has 4 rings (SSSR count). The van der Waals surface area contributed by atoms with Crippen molar-refractivity contribution in [2.75, 3.05) is 0 Å². The first-order valence-electron chi connectivity index (χ1n) is 12.3. The van der Waals surface area contributed by atoms with E-state index >= 15 is 0 Å². The van der Waals surface area contributed by atoms with Crippen molar-refractivity contribution in [1.29, 1.82) is 0 Å². The molecule has 1 aliphatic rings. The molecule has 34 heavy (non-hydrogen) atoms. The molecule has 0 spiro atoms. The van der Waals surface area contributed by atoms with Gasteiger partial charge in [-0.2, -0.15) is 13.2 Å². The van der Waals surface area contributed by atoms with Gasteiger partial charge in [0.1, 0.15) is 5.69 Å². The molecule has 1 aromatic heterocycles. The molecule has 0 N–H and O–H groups in total. The topological polar surface area (TPSA) is 16.8 Å². The summed E-state index contributed by atoms with van der Waals surface area (Å²) in [4.78, 5) is 4.74. The lowest BCUT2D eigenvalue weighted by Crippen LogP contribution is -2.37. The Balaban J connectivity index is 1.98. The maximum atomic E-state index is 13.8. The zero-order chi connectivity index (χ0) is 24.7. The van der Waals surface area contributed by atoms with Crippen molar-refractivity contribution in [3.05, 3.63) is 71.0 Å². The summed E-state index contributed by atoms with van der Waals surface area (Å²) in [5.74, 6) is 0.421. The highest BCUT2D eigenvalue weighted by Crippen LogP contribution is 2.52. The van der Waals surface area contributed by atoms with Gasteiger partial charge >= 0.3 is 6.18 Å². The van der Waals surface area contributed by atoms with Crippen molar-refractivity contribution in [2.24, 2.45) is 5.92 Å². The second-order valence-electron chi connectivity index (χ2n) is 9.91. The van der Waals surface area contributed by atoms with Crippen molar-refractivity contribution in [1.82, 2.24) is 4.98 Å². The number of aryl methyl sites for hydroxylation is 3. The summed E-state index contributed by atoms with van der Waals surface area (Å²) in [5, 5.41) is 0. The first-order chi connectivity index (χ1) is 16.1. The van der Waals surface area contributed by atoms with E-state index in [9.17, 15) is 13.2 Å². The van der Waals surface area contributed by atoms with Crippen LogP contribution in [0.4, 0.5) is 13.2 Å². The minimum Gasteiger partial charge on any atom is -0.230 e. The normalized spacial score (nSPS) is 15.9. The molecule has 2 nitrogen and oxygen atoms in total. The fraction of sp³-hybridized carbons (Fsp3) is 0.448. The summed E-state index contributed by atoms with van der Waals surface area (Å²) in [6.07, 6.45) is 1.40. The van der Waals surface area contributed by atoms with Gasteiger partial charge in [0, 0.05) is 17.2 Å². The van der Waals surface area contributed by atoms with Gasteiger partial charge in [0.15, 0.2) is 5.69 Å². The number of benzene rings is 2. The number of rotatable bonds is 7. The first kappa shape index (κ1) is 24.4. The minimum absolute atomic E-state index is 0.293. The number of alkyl halides is 3. The van der Waals surface area contributed by atoms with Crippen molar-refractivity contribution >= 4 is 0 Å². The molecular weight excluding hydrogens is 433 g/mol. The van der Waals surface area contributed by atoms with Gasteiger partial charge in [0.2, 0.25) is 0 Å². The van der Waals surface area contributed by atoms with E-state index in [2.05, 4.69) is 45.9 Å². The Labute approximate surface area is 200 Å². The van der Waals surface area contributed by atoms with Crippen molar-refractivity contribution in [2.45, 2.75) is 78.4 Å². The Morgan fingerprint density at radius 1 is 1.00 bits per heavy atom. The monoisotopic (exact) mass is 467 g/mol. The van der Waals surface area contributed by atoms with E-state index in [-0.39, 0.29) is 5.41 Å². The number of hydrogen-bond acceptors (Lipinski definition) is 1. The van der Waals surface area contributed by atoms with Crippen LogP contribution in [0, 0.1) is 19.8 Å². The van der Waals surface area contributed by atoms with Gasteiger partial charge in [-0.15, -0.1) is 0 Å². The highest BCUT2D eigenvalue weighted by atomic mass is 19.4. The summed E-state index contributed by atoms with van der Waals surface area (Å²) < 4.78 is 43.4. The lowest BCUT2D eigenvalue weighted by atomic mass is 9.71. The summed E-state index contributed by atoms with van der Waals surface area (Å²) in [6.45, 7) is 11.1. The third kappa shape index (κ3) is 4.49. The summed E-state index contributed by atoms with van der Waals surface area (Å²) in [5.41, 5.74) is 5.95. The molecule has 0 aliphatic heterocycles. The third-order valence-electron chi connectivity index (χ3n) is 7.48. The number of aromatic nitrogens is 2. The first-order valence-corrected chi connectivity index (χ1v) is 12.3. The molecule has 1 unspecified atom stereocenters. The third-order valence-corrected chi connectivity index (χ3v) is 7.48. The molecule has 180 valence electrons. The van der Waals surface area contributed by atoms with Crippen LogP contribution in [-0.4, -0.2) is 4.98 Å². The van der Waals surface area contributed by atoms with E-state index in [1.54, 1.807) is 6.07 Å². The fourth-order valence-electron chi connectivity index (χ4n) is 5.50. The molecule has 1 saturated carbocycles. The van der Waals surface area contributed by atoms with Gasteiger partial charge in [-0.3, -0.25) is 0 Å². The van der Waals surface area contributed by atoms with Crippen LogP contribution in [-0.2, 0) is 18.1 Å². The van der Waals surface area contributed by atoms with E-state index < -0.39 is 11.7 Å². The van der Waals surface area contributed by atoms with Gasteiger partial charge in [-0.1, -0.05) is 38.5 Å². The van der Waals surface area contributed by atoms with E-state index in [0.29, 0.717) is 12.5 Å². The molecule has 0 radical (unpaired) electrons. The molecule has 2 aromatic carbocycles. The Morgan fingerprint density at radius 2 is 1.68 bits per heavy atom. The maximum absolute atomic E-state index is 13.8. The molecule has 1 fully saturated rings. The molecule has 1 heterocycles. The number of halogens is 3. The smallest absolute Gasteiger partial charge is 0.230 e. The average Bonchev–Trinajstić information content (AvgIpc) is 3.64. The summed E-state index contributed by atoms with van der Waals surface area (Å²) in [7, 11) is 0. The standard InChI is InChI=1S/C29H34F3N2/c1-6-15-28(5,21-11-12-21)24-16-22(29(30,31)32)13-14-23(24)26-17-25(33-18-34(26)7-2)27-19(3)9-8-10-20(27)4/h8-10,13-14,16-18,21H,6-7,11-12,15H2,1-5H3/q+1. The number of nitrogens with zero attached hydrogens (tertiary/aromatic N) is 2. The van der Waals surface area contributed by atoms with Crippen LogP contribution in [0.15, 0.2) is 48.8 Å². The van der Waals surface area contributed by atoms with Gasteiger partial charge in [-0.05, 0) is 91.2 Å². The van der Waals surface area contributed by atoms with Crippen LogP contribution >= 0.6 is 0 Å². The SMILES string of the molecule is CCCC(C)(c1cc(C(F)(F)F)ccc1-c1cc(-c2c(C)cccc2C)nc[n+]1CC)C1CC1. The van der Waals surface area contributed by atoms with Crippen molar-refractivity contribution in [3.63, 3.8) is 0 Å². The Morgan fingerprint density at radius 3 is 2.24 bits per heavy atom. The second-order valence-corrected chi connectivity index (χ2v) is 9.91. The molecule has 0 bridgehead atoms. The van der Waals surface area contributed by atoms with Crippen LogP contribution in [0.5, 0.6) is 0 Å². The van der Waals surface area contributed by atoms with Gasteiger partial charge in [0.05, 0.1) is 12.1 Å². The number of hydrogen-bond donors (Lipinski definition) is 0. The molecule has 5 heteroatoms. The average molecular weight is 468 g/mol. The van der Waals surface area contributed by atoms with E-state index in [4.69, 9.17) is 4.98 Å². The van der Waals surface area contributed by atoms with Gasteiger partial charge < -0.3 is 0 Å². The minimum atomic E-state index is -4.37. The predicted octanol–water partition coefficient (Wildman–Crippen LogP) is 7.83. The lowest BCUT2D eigenvalue weighted by molar-refractivity contribution is -0.685. The summed E-state index contributed by atoms with van der Waals surface area (Å²) in [6, 6.07) is 12.6. The fourth-order valence-corrected chi connectivity index (χ4v) is 5.50. The lowest BCUT2D eigenvalue weighted by Gasteiger charge is -2.33. The Hall–Kier alpha value is -2.69. The van der Waals surface area contributed by atoms with E-state index in [1.807, 2.05) is 23.9 Å². The van der Waals surface area contributed by atoms with E-state index in [0.717, 1.165) is 64.9 Å². The van der Waals surface area contributed by atoms with Crippen LogP contribution in [0.2, 0.25) is 0 Å². The zero-order valence-corrected chi connectivity index (χ0v) is 20.8. The van der Waals surface area contributed by atoms with Gasteiger partial charge in [0.25, 0.3) is 6.33 Å². The Kier molecular flexibility index (Phi) is 6.58. The maximum Gasteiger partial charge on any atom is 0.416 e. The predicted molar refractivity (Wildman–Crippen MR) is 130 cm³/mol. The quantitative estimate of drug-likeness (QED) is 0.324. The van der Waals surface area contributed by atoms with Crippen LogP contribution in [0.25, 0.3) is 22.5 Å². The largest absolute Gasteiger partial charge is 0.416 e. The summed E-state index contributed by atoms with van der Waals surface area (Å²) >= 11 is 0. The van der Waals surface area contributed by atoms with Crippen molar-refractivity contribution < 1.29 is 17.7 Å².